The van der Waals surface area contributed by atoms with Gasteiger partial charge in [0.25, 0.3) is 5.91 Å². The van der Waals surface area contributed by atoms with Gasteiger partial charge in [-0.1, -0.05) is 42.5 Å². The number of aromatic nitrogens is 2. The lowest BCUT2D eigenvalue weighted by molar-refractivity contribution is 0.0710. The van der Waals surface area contributed by atoms with Crippen LogP contribution in [-0.4, -0.2) is 46.1 Å². The Hall–Kier alpha value is -3.08. The van der Waals surface area contributed by atoms with Gasteiger partial charge in [0.15, 0.2) is 0 Å². The molecule has 0 saturated carbocycles. The molecule has 0 N–H and O–H groups in total. The molecule has 0 aliphatic carbocycles. The average molecular weight is 346 g/mol. The van der Waals surface area contributed by atoms with Crippen molar-refractivity contribution in [2.45, 2.75) is 12.5 Å². The van der Waals surface area contributed by atoms with Crippen molar-refractivity contribution in [1.82, 2.24) is 14.6 Å². The summed E-state index contributed by atoms with van der Waals surface area (Å²) in [5.74, 6) is 0.0983. The van der Waals surface area contributed by atoms with Crippen molar-refractivity contribution in [2.75, 3.05) is 24.6 Å². The Morgan fingerprint density at radius 2 is 2.04 bits per heavy atom. The summed E-state index contributed by atoms with van der Waals surface area (Å²) in [6.45, 7) is 6.01. The Morgan fingerprint density at radius 3 is 2.85 bits per heavy atom. The predicted molar refractivity (Wildman–Crippen MR) is 104 cm³/mol. The Morgan fingerprint density at radius 1 is 1.19 bits per heavy atom. The number of piperazine rings is 1. The minimum absolute atomic E-state index is 0.0983. The van der Waals surface area contributed by atoms with E-state index >= 15 is 0 Å². The van der Waals surface area contributed by atoms with Crippen molar-refractivity contribution in [1.29, 1.82) is 0 Å². The average Bonchev–Trinajstić information content (AvgIpc) is 3.22. The van der Waals surface area contributed by atoms with Gasteiger partial charge in [0.1, 0.15) is 6.33 Å². The Bertz CT molecular complexity index is 913. The number of amides is 1. The van der Waals surface area contributed by atoms with Gasteiger partial charge >= 0.3 is 0 Å². The molecule has 2 heterocycles. The minimum atomic E-state index is 0.0983. The fourth-order valence-corrected chi connectivity index (χ4v) is 3.71. The van der Waals surface area contributed by atoms with Crippen molar-refractivity contribution in [3.63, 3.8) is 0 Å². The van der Waals surface area contributed by atoms with Crippen LogP contribution in [0, 0.1) is 0 Å². The number of fused-ring (bicyclic) bond motifs is 1. The molecule has 26 heavy (non-hydrogen) atoms. The van der Waals surface area contributed by atoms with Crippen LogP contribution < -0.4 is 5.01 Å². The highest BCUT2D eigenvalue weighted by molar-refractivity contribution is 6.07. The predicted octanol–water partition coefficient (Wildman–Crippen LogP) is 3.08. The number of benzene rings is 2. The highest BCUT2D eigenvalue weighted by Gasteiger charge is 2.30. The molecule has 1 saturated heterocycles. The van der Waals surface area contributed by atoms with E-state index in [2.05, 4.69) is 16.6 Å². The van der Waals surface area contributed by atoms with Crippen LogP contribution in [0.25, 0.3) is 10.8 Å². The Balaban J connectivity index is 1.60. The van der Waals surface area contributed by atoms with Gasteiger partial charge in [-0.2, -0.15) is 0 Å². The van der Waals surface area contributed by atoms with Gasteiger partial charge in [0.2, 0.25) is 0 Å². The van der Waals surface area contributed by atoms with Crippen LogP contribution in [0.15, 0.2) is 73.8 Å². The molecule has 3 aromatic rings. The number of hydrogen-bond donors (Lipinski definition) is 0. The van der Waals surface area contributed by atoms with Gasteiger partial charge < -0.3 is 9.91 Å². The van der Waals surface area contributed by atoms with Gasteiger partial charge in [0, 0.05) is 31.0 Å². The summed E-state index contributed by atoms with van der Waals surface area (Å²) in [4.78, 5) is 19.3. The first-order chi connectivity index (χ1) is 12.8. The molecule has 1 aromatic heterocycles. The molecule has 1 amide bonds. The molecule has 5 heteroatoms. The molecule has 1 fully saturated rings. The van der Waals surface area contributed by atoms with Crippen LogP contribution in [0.3, 0.4) is 0 Å². The third-order valence-electron chi connectivity index (χ3n) is 4.98. The van der Waals surface area contributed by atoms with Crippen molar-refractivity contribution in [2.24, 2.45) is 0 Å². The van der Waals surface area contributed by atoms with Crippen molar-refractivity contribution >= 4 is 16.7 Å². The zero-order chi connectivity index (χ0) is 17.9. The van der Waals surface area contributed by atoms with Gasteiger partial charge in [-0.25, -0.2) is 4.98 Å². The van der Waals surface area contributed by atoms with Crippen LogP contribution in [0.2, 0.25) is 0 Å². The Kier molecular flexibility index (Phi) is 4.44. The van der Waals surface area contributed by atoms with E-state index in [0.717, 1.165) is 29.3 Å². The number of hydrogen-bond acceptors (Lipinski definition) is 3. The first-order valence-corrected chi connectivity index (χ1v) is 8.91. The van der Waals surface area contributed by atoms with Crippen LogP contribution in [0.1, 0.15) is 16.8 Å². The van der Waals surface area contributed by atoms with E-state index in [0.29, 0.717) is 13.1 Å². The summed E-state index contributed by atoms with van der Waals surface area (Å²) in [5.41, 5.74) is 0.775. The van der Waals surface area contributed by atoms with E-state index in [1.807, 2.05) is 64.3 Å². The smallest absolute Gasteiger partial charge is 0.254 e. The van der Waals surface area contributed by atoms with E-state index in [9.17, 15) is 4.79 Å². The molecule has 132 valence electrons. The molecular formula is C21H22N4O. The van der Waals surface area contributed by atoms with Crippen molar-refractivity contribution in [3.8, 4) is 0 Å². The van der Waals surface area contributed by atoms with E-state index in [4.69, 9.17) is 0 Å². The topological polar surface area (TPSA) is 41.4 Å². The van der Waals surface area contributed by atoms with Crippen LogP contribution in [0.4, 0.5) is 0 Å². The van der Waals surface area contributed by atoms with E-state index in [1.165, 1.54) is 0 Å². The van der Waals surface area contributed by atoms with Crippen LogP contribution in [-0.2, 0) is 0 Å². The highest BCUT2D eigenvalue weighted by Crippen LogP contribution is 2.22. The molecule has 4 rings (SSSR count). The number of rotatable bonds is 4. The van der Waals surface area contributed by atoms with Crippen LogP contribution >= 0.6 is 0 Å². The monoisotopic (exact) mass is 346 g/mol. The summed E-state index contributed by atoms with van der Waals surface area (Å²) in [5, 5.41) is 4.36. The fourth-order valence-electron chi connectivity index (χ4n) is 3.71. The second-order valence-electron chi connectivity index (χ2n) is 6.56. The standard InChI is InChI=1S/C21H22N4O/c1-2-6-18-15-23(13-14-25(18)24-12-11-22-16-24)21(26)20-10-5-8-17-7-3-4-9-19(17)20/h2-5,7-12,16,18H,1,6,13-15H2. The normalized spacial score (nSPS) is 17.5. The quantitative estimate of drug-likeness (QED) is 0.682. The fraction of sp³-hybridized carbons (Fsp3) is 0.238. The van der Waals surface area contributed by atoms with Gasteiger partial charge in [-0.05, 0) is 23.3 Å². The molecule has 1 atom stereocenters. The maximum absolute atomic E-state index is 13.2. The molecule has 1 aliphatic rings. The number of carbonyl (C=O) groups excluding carboxylic acids is 1. The number of nitrogens with zero attached hydrogens (tertiary/aromatic N) is 4. The van der Waals surface area contributed by atoms with E-state index in [1.54, 1.807) is 12.5 Å². The maximum Gasteiger partial charge on any atom is 0.254 e. The molecule has 0 bridgehead atoms. The molecule has 1 aliphatic heterocycles. The third kappa shape index (κ3) is 2.96. The summed E-state index contributed by atoms with van der Waals surface area (Å²) in [7, 11) is 0. The van der Waals surface area contributed by atoms with Crippen molar-refractivity contribution < 1.29 is 4.79 Å². The zero-order valence-corrected chi connectivity index (χ0v) is 14.7. The summed E-state index contributed by atoms with van der Waals surface area (Å²) in [6, 6.07) is 14.2. The largest absolute Gasteiger partial charge is 0.335 e. The first-order valence-electron chi connectivity index (χ1n) is 8.91. The molecular weight excluding hydrogens is 324 g/mol. The van der Waals surface area contributed by atoms with E-state index in [-0.39, 0.29) is 11.9 Å². The number of carbonyl (C=O) groups is 1. The third-order valence-corrected chi connectivity index (χ3v) is 4.98. The molecule has 0 radical (unpaired) electrons. The van der Waals surface area contributed by atoms with Gasteiger partial charge in [0.05, 0.1) is 12.6 Å². The maximum atomic E-state index is 13.2. The summed E-state index contributed by atoms with van der Waals surface area (Å²) in [6.07, 6.45) is 8.26. The van der Waals surface area contributed by atoms with Gasteiger partial charge in [-0.15, -0.1) is 6.58 Å². The van der Waals surface area contributed by atoms with E-state index < -0.39 is 0 Å². The number of imidazole rings is 1. The molecule has 0 spiro atoms. The first kappa shape index (κ1) is 16.4. The lowest BCUT2D eigenvalue weighted by atomic mass is 10.0. The Labute approximate surface area is 153 Å². The van der Waals surface area contributed by atoms with Gasteiger partial charge in [-0.3, -0.25) is 9.47 Å². The zero-order valence-electron chi connectivity index (χ0n) is 14.7. The molecule has 5 nitrogen and oxygen atoms in total. The molecule has 2 aromatic carbocycles. The lowest BCUT2D eigenvalue weighted by Gasteiger charge is -2.42. The lowest BCUT2D eigenvalue weighted by Crippen LogP contribution is -2.58. The highest BCUT2D eigenvalue weighted by atomic mass is 16.2. The minimum Gasteiger partial charge on any atom is -0.335 e. The van der Waals surface area contributed by atoms with Crippen molar-refractivity contribution in [3.05, 3.63) is 79.4 Å². The SMILES string of the molecule is C=CCC1CN(C(=O)c2cccc3ccccc23)CCN1n1ccnc1. The second-order valence-corrected chi connectivity index (χ2v) is 6.56. The van der Waals surface area contributed by atoms with Crippen LogP contribution in [0.5, 0.6) is 0 Å². The second kappa shape index (κ2) is 7.04. The molecule has 1 unspecified atom stereocenters. The summed E-state index contributed by atoms with van der Waals surface area (Å²) >= 11 is 0. The summed E-state index contributed by atoms with van der Waals surface area (Å²) < 4.78 is 2.01.